The maximum atomic E-state index is 5.98. The van der Waals surface area contributed by atoms with Crippen LogP contribution < -0.4 is 20.3 Å². The molecule has 0 aliphatic heterocycles. The van der Waals surface area contributed by atoms with Crippen LogP contribution in [0.1, 0.15) is 30.0 Å². The first-order chi connectivity index (χ1) is 14.5. The second-order valence-corrected chi connectivity index (χ2v) is 7.24. The van der Waals surface area contributed by atoms with E-state index in [9.17, 15) is 0 Å². The van der Waals surface area contributed by atoms with Gasteiger partial charge in [-0.15, -0.1) is 24.0 Å². The van der Waals surface area contributed by atoms with Crippen molar-refractivity contribution in [1.82, 2.24) is 15.6 Å². The highest BCUT2D eigenvalue weighted by molar-refractivity contribution is 14.0. The molecule has 31 heavy (non-hydrogen) atoms. The van der Waals surface area contributed by atoms with E-state index in [-0.39, 0.29) is 24.0 Å². The van der Waals surface area contributed by atoms with E-state index in [0.717, 1.165) is 41.6 Å². The van der Waals surface area contributed by atoms with E-state index in [1.807, 2.05) is 31.3 Å². The van der Waals surface area contributed by atoms with Gasteiger partial charge in [-0.1, -0.05) is 18.2 Å². The Morgan fingerprint density at radius 2 is 1.94 bits per heavy atom. The van der Waals surface area contributed by atoms with E-state index in [0.29, 0.717) is 26.3 Å². The van der Waals surface area contributed by atoms with E-state index in [1.165, 1.54) is 5.56 Å². The molecule has 2 rings (SSSR count). The van der Waals surface area contributed by atoms with E-state index in [1.54, 1.807) is 7.11 Å². The average molecular weight is 541 g/mol. The zero-order valence-corrected chi connectivity index (χ0v) is 21.6. The lowest BCUT2D eigenvalue weighted by Gasteiger charge is -2.17. The van der Waals surface area contributed by atoms with E-state index in [4.69, 9.17) is 14.5 Å². The molecule has 0 saturated heterocycles. The molecule has 1 aromatic heterocycles. The first-order valence-corrected chi connectivity index (χ1v) is 10.4. The number of anilines is 1. The van der Waals surface area contributed by atoms with Gasteiger partial charge in [0.05, 0.1) is 13.2 Å². The van der Waals surface area contributed by atoms with Gasteiger partial charge in [-0.3, -0.25) is 0 Å². The molecular weight excluding hydrogens is 505 g/mol. The summed E-state index contributed by atoms with van der Waals surface area (Å²) in [5.41, 5.74) is 3.35. The number of benzene rings is 1. The van der Waals surface area contributed by atoms with Gasteiger partial charge in [0, 0.05) is 64.6 Å². The highest BCUT2D eigenvalue weighted by Crippen LogP contribution is 2.21. The fraction of sp³-hybridized carbons (Fsp3) is 0.478. The number of aromatic nitrogens is 1. The molecule has 0 unspecified atom stereocenters. The number of hydrogen-bond acceptors (Lipinski definition) is 5. The van der Waals surface area contributed by atoms with Crippen LogP contribution in [0.4, 0.5) is 5.82 Å². The molecule has 7 nitrogen and oxygen atoms in total. The maximum Gasteiger partial charge on any atom is 0.191 e. The van der Waals surface area contributed by atoms with Crippen molar-refractivity contribution in [3.05, 3.63) is 53.2 Å². The van der Waals surface area contributed by atoms with Crippen molar-refractivity contribution in [2.75, 3.05) is 45.9 Å². The second kappa shape index (κ2) is 14.9. The minimum absolute atomic E-state index is 0. The van der Waals surface area contributed by atoms with Gasteiger partial charge in [0.2, 0.25) is 0 Å². The summed E-state index contributed by atoms with van der Waals surface area (Å²) >= 11 is 0. The number of nitrogens with zero attached hydrogens (tertiary/aromatic N) is 3. The Morgan fingerprint density at radius 1 is 1.13 bits per heavy atom. The minimum atomic E-state index is 0. The van der Waals surface area contributed by atoms with Crippen LogP contribution in [0.25, 0.3) is 0 Å². The number of pyridine rings is 1. The molecule has 0 radical (unpaired) electrons. The van der Waals surface area contributed by atoms with Crippen LogP contribution in [0.15, 0.2) is 41.5 Å². The molecular formula is C23H36IN5O2. The number of hydrogen-bond donors (Lipinski definition) is 2. The molecule has 2 aromatic rings. The smallest absolute Gasteiger partial charge is 0.191 e. The summed E-state index contributed by atoms with van der Waals surface area (Å²) in [4.78, 5) is 11.2. The molecule has 0 atom stereocenters. The van der Waals surface area contributed by atoms with Crippen molar-refractivity contribution in [2.45, 2.75) is 33.4 Å². The minimum Gasteiger partial charge on any atom is -0.493 e. The normalized spacial score (nSPS) is 10.9. The van der Waals surface area contributed by atoms with Gasteiger partial charge >= 0.3 is 0 Å². The Bertz CT molecular complexity index is 814. The van der Waals surface area contributed by atoms with Crippen molar-refractivity contribution in [2.24, 2.45) is 4.99 Å². The zero-order valence-electron chi connectivity index (χ0n) is 19.3. The third-order valence-corrected chi connectivity index (χ3v) is 4.46. The molecule has 0 fully saturated rings. The summed E-state index contributed by atoms with van der Waals surface area (Å²) in [6.45, 7) is 7.40. The predicted octanol–water partition coefficient (Wildman–Crippen LogP) is 3.74. The van der Waals surface area contributed by atoms with Gasteiger partial charge < -0.3 is 25.0 Å². The van der Waals surface area contributed by atoms with Crippen molar-refractivity contribution in [3.63, 3.8) is 0 Å². The zero-order chi connectivity index (χ0) is 21.8. The standard InChI is InChI=1S/C23H35N5O2.HI/c1-6-24-23(27-17-20-9-7-12-25-22(20)28(3)4)26-16-19-11-10-18(2)15-21(19)30-14-8-13-29-5;/h7,9-12,15H,6,8,13-14,16-17H2,1-5H3,(H2,24,26,27);1H. The quantitative estimate of drug-likeness (QED) is 0.196. The topological polar surface area (TPSA) is 71.0 Å². The molecule has 2 N–H and O–H groups in total. The molecule has 0 saturated carbocycles. The molecule has 1 aromatic carbocycles. The maximum absolute atomic E-state index is 5.98. The monoisotopic (exact) mass is 541 g/mol. The molecule has 0 spiro atoms. The molecule has 1 heterocycles. The van der Waals surface area contributed by atoms with Gasteiger partial charge in [-0.25, -0.2) is 9.98 Å². The Kier molecular flexibility index (Phi) is 12.9. The fourth-order valence-corrected chi connectivity index (χ4v) is 2.97. The molecule has 172 valence electrons. The number of halogens is 1. The van der Waals surface area contributed by atoms with E-state index < -0.39 is 0 Å². The lowest BCUT2D eigenvalue weighted by molar-refractivity contribution is 0.172. The summed E-state index contributed by atoms with van der Waals surface area (Å²) in [6.07, 6.45) is 2.67. The van der Waals surface area contributed by atoms with Crippen LogP contribution in [0.2, 0.25) is 0 Å². The molecule has 0 aliphatic rings. The van der Waals surface area contributed by atoms with Crippen LogP contribution >= 0.6 is 24.0 Å². The second-order valence-electron chi connectivity index (χ2n) is 7.24. The van der Waals surface area contributed by atoms with Crippen molar-refractivity contribution in [3.8, 4) is 5.75 Å². The predicted molar refractivity (Wildman–Crippen MR) is 139 cm³/mol. The van der Waals surface area contributed by atoms with Crippen LogP contribution in [0, 0.1) is 6.92 Å². The number of nitrogens with one attached hydrogen (secondary N) is 2. The highest BCUT2D eigenvalue weighted by atomic mass is 127. The van der Waals surface area contributed by atoms with Gasteiger partial charge in [-0.2, -0.15) is 0 Å². The third kappa shape index (κ3) is 9.30. The largest absolute Gasteiger partial charge is 0.493 e. The number of ether oxygens (including phenoxy) is 2. The number of aryl methyl sites for hydroxylation is 1. The van der Waals surface area contributed by atoms with Crippen molar-refractivity contribution in [1.29, 1.82) is 0 Å². The van der Waals surface area contributed by atoms with Gasteiger partial charge in [0.25, 0.3) is 0 Å². The SMILES string of the molecule is CCNC(=NCc1ccc(C)cc1OCCCOC)NCc1cccnc1N(C)C.I. The Morgan fingerprint density at radius 3 is 2.65 bits per heavy atom. The Balaban J connectivity index is 0.00000480. The van der Waals surface area contributed by atoms with Crippen LogP contribution in [-0.4, -0.2) is 51.9 Å². The van der Waals surface area contributed by atoms with Crippen LogP contribution in [0.5, 0.6) is 5.75 Å². The average Bonchev–Trinajstić information content (AvgIpc) is 2.74. The van der Waals surface area contributed by atoms with Gasteiger partial charge in [0.15, 0.2) is 5.96 Å². The molecule has 0 amide bonds. The summed E-state index contributed by atoms with van der Waals surface area (Å²) in [5.74, 6) is 2.59. The number of aliphatic imine (C=N–C) groups is 1. The van der Waals surface area contributed by atoms with Crippen LogP contribution in [0.3, 0.4) is 0 Å². The highest BCUT2D eigenvalue weighted by Gasteiger charge is 2.08. The van der Waals surface area contributed by atoms with Gasteiger partial charge in [-0.05, 0) is 31.5 Å². The lowest BCUT2D eigenvalue weighted by Crippen LogP contribution is -2.37. The van der Waals surface area contributed by atoms with E-state index >= 15 is 0 Å². The number of rotatable bonds is 11. The fourth-order valence-electron chi connectivity index (χ4n) is 2.97. The van der Waals surface area contributed by atoms with Crippen molar-refractivity contribution >= 4 is 35.8 Å². The first kappa shape index (κ1) is 27.0. The summed E-state index contributed by atoms with van der Waals surface area (Å²) in [7, 11) is 5.70. The Labute approximate surface area is 203 Å². The number of guanidine groups is 1. The Hall–Kier alpha value is -2.07. The summed E-state index contributed by atoms with van der Waals surface area (Å²) in [5, 5.41) is 6.72. The lowest BCUT2D eigenvalue weighted by atomic mass is 10.1. The molecule has 0 aliphatic carbocycles. The molecule has 8 heteroatoms. The van der Waals surface area contributed by atoms with E-state index in [2.05, 4.69) is 53.7 Å². The molecule has 0 bridgehead atoms. The van der Waals surface area contributed by atoms with Crippen LogP contribution in [-0.2, 0) is 17.8 Å². The third-order valence-electron chi connectivity index (χ3n) is 4.46. The van der Waals surface area contributed by atoms with Crippen molar-refractivity contribution < 1.29 is 9.47 Å². The van der Waals surface area contributed by atoms with Gasteiger partial charge in [0.1, 0.15) is 11.6 Å². The summed E-state index contributed by atoms with van der Waals surface area (Å²) in [6, 6.07) is 10.3. The number of methoxy groups -OCH3 is 1. The summed E-state index contributed by atoms with van der Waals surface area (Å²) < 4.78 is 11.1. The first-order valence-electron chi connectivity index (χ1n) is 10.4.